The molecule has 0 aromatic heterocycles. The molecule has 0 saturated heterocycles. The van der Waals surface area contributed by atoms with E-state index in [2.05, 4.69) is 9.47 Å². The van der Waals surface area contributed by atoms with Gasteiger partial charge in [-0.05, 0) is 12.8 Å². The van der Waals surface area contributed by atoms with Crippen LogP contribution in [0.15, 0.2) is 0 Å². The monoisotopic (exact) mass is 326 g/mol. The van der Waals surface area contributed by atoms with Gasteiger partial charge in [-0.1, -0.05) is 12.8 Å². The van der Waals surface area contributed by atoms with Crippen molar-refractivity contribution >= 4 is 33.5 Å². The highest BCUT2D eigenvalue weighted by Crippen LogP contribution is 2.03. The van der Waals surface area contributed by atoms with E-state index in [1.54, 1.807) is 0 Å². The average Bonchev–Trinajstić information content (AvgIpc) is 2.42. The Morgan fingerprint density at radius 2 is 1.10 bits per heavy atom. The molecule has 0 spiro atoms. The van der Waals surface area contributed by atoms with E-state index in [0.717, 1.165) is 25.7 Å². The molecule has 0 aromatic carbocycles. The van der Waals surface area contributed by atoms with E-state index >= 15 is 0 Å². The molecule has 0 aliphatic heterocycles. The second-order valence-electron chi connectivity index (χ2n) is 4.14. The number of esters is 2. The molecule has 0 aliphatic carbocycles. The SMILES string of the molecule is COC(=O)CS(=O)CCCCCCS(=O)CC(=O)OC. The minimum absolute atomic E-state index is 0.0559. The normalized spacial score (nSPS) is 13.5. The van der Waals surface area contributed by atoms with Gasteiger partial charge in [-0.15, -0.1) is 0 Å². The minimum atomic E-state index is -1.17. The van der Waals surface area contributed by atoms with Crippen molar-refractivity contribution in [2.45, 2.75) is 25.7 Å². The van der Waals surface area contributed by atoms with Crippen LogP contribution in [0.2, 0.25) is 0 Å². The minimum Gasteiger partial charge on any atom is -0.468 e. The molecule has 0 aliphatic rings. The Hall–Kier alpha value is -0.760. The van der Waals surface area contributed by atoms with Crippen LogP contribution in [-0.2, 0) is 40.7 Å². The number of methoxy groups -OCH3 is 2. The Bertz CT molecular complexity index is 322. The molecule has 8 heteroatoms. The number of ether oxygens (including phenoxy) is 2. The molecular weight excluding hydrogens is 304 g/mol. The van der Waals surface area contributed by atoms with Crippen molar-refractivity contribution in [2.24, 2.45) is 0 Å². The Labute approximate surface area is 124 Å². The maximum Gasteiger partial charge on any atom is 0.318 e. The van der Waals surface area contributed by atoms with Crippen LogP contribution in [0.4, 0.5) is 0 Å². The van der Waals surface area contributed by atoms with Gasteiger partial charge >= 0.3 is 11.9 Å². The summed E-state index contributed by atoms with van der Waals surface area (Å²) in [5.41, 5.74) is 0. The molecule has 2 unspecified atom stereocenters. The lowest BCUT2D eigenvalue weighted by molar-refractivity contribution is -0.138. The van der Waals surface area contributed by atoms with E-state index < -0.39 is 33.5 Å². The molecule has 0 radical (unpaired) electrons. The van der Waals surface area contributed by atoms with Gasteiger partial charge in [-0.2, -0.15) is 0 Å². The lowest BCUT2D eigenvalue weighted by atomic mass is 10.2. The van der Waals surface area contributed by atoms with E-state index in [0.29, 0.717) is 11.5 Å². The van der Waals surface area contributed by atoms with E-state index in [4.69, 9.17) is 0 Å². The molecular formula is C12H22O6S2. The number of unbranched alkanes of at least 4 members (excludes halogenated alkanes) is 3. The summed E-state index contributed by atoms with van der Waals surface area (Å²) < 4.78 is 31.7. The second kappa shape index (κ2) is 12.0. The molecule has 0 aromatic rings. The molecule has 0 saturated carbocycles. The van der Waals surface area contributed by atoms with E-state index in [-0.39, 0.29) is 11.5 Å². The summed E-state index contributed by atoms with van der Waals surface area (Å²) in [6.45, 7) is 0. The Morgan fingerprint density at radius 1 is 0.750 bits per heavy atom. The highest BCUT2D eigenvalue weighted by Gasteiger charge is 2.08. The highest BCUT2D eigenvalue weighted by atomic mass is 32.2. The first kappa shape index (κ1) is 19.2. The number of carbonyl (C=O) groups excluding carboxylic acids is 2. The third-order valence-electron chi connectivity index (χ3n) is 2.51. The summed E-state index contributed by atoms with van der Waals surface area (Å²) in [4.78, 5) is 21.7. The van der Waals surface area contributed by atoms with Gasteiger partial charge in [-0.25, -0.2) is 0 Å². The highest BCUT2D eigenvalue weighted by molar-refractivity contribution is 7.85. The van der Waals surface area contributed by atoms with Crippen molar-refractivity contribution in [2.75, 3.05) is 37.2 Å². The van der Waals surface area contributed by atoms with Crippen molar-refractivity contribution < 1.29 is 27.5 Å². The zero-order chi connectivity index (χ0) is 15.4. The van der Waals surface area contributed by atoms with Crippen molar-refractivity contribution in [3.05, 3.63) is 0 Å². The van der Waals surface area contributed by atoms with Crippen molar-refractivity contribution in [1.82, 2.24) is 0 Å². The van der Waals surface area contributed by atoms with E-state index in [1.807, 2.05) is 0 Å². The molecule has 0 rings (SSSR count). The lowest BCUT2D eigenvalue weighted by Gasteiger charge is -2.03. The smallest absolute Gasteiger partial charge is 0.318 e. The predicted molar refractivity (Wildman–Crippen MR) is 78.3 cm³/mol. The van der Waals surface area contributed by atoms with Crippen LogP contribution in [0.25, 0.3) is 0 Å². The molecule has 0 bridgehead atoms. The lowest BCUT2D eigenvalue weighted by Crippen LogP contribution is -2.14. The first-order chi connectivity index (χ1) is 9.49. The summed E-state index contributed by atoms with van der Waals surface area (Å²) >= 11 is 0. The van der Waals surface area contributed by atoms with Gasteiger partial charge in [0.1, 0.15) is 11.5 Å². The first-order valence-corrected chi connectivity index (χ1v) is 9.30. The van der Waals surface area contributed by atoms with E-state index in [9.17, 15) is 18.0 Å². The fraction of sp³-hybridized carbons (Fsp3) is 0.833. The number of carbonyl (C=O) groups is 2. The van der Waals surface area contributed by atoms with Crippen LogP contribution in [-0.4, -0.2) is 57.6 Å². The van der Waals surface area contributed by atoms with Crippen molar-refractivity contribution in [1.29, 1.82) is 0 Å². The van der Waals surface area contributed by atoms with Crippen molar-refractivity contribution in [3.8, 4) is 0 Å². The quantitative estimate of drug-likeness (QED) is 0.403. The van der Waals surface area contributed by atoms with Crippen LogP contribution >= 0.6 is 0 Å². The Kier molecular flexibility index (Phi) is 11.6. The van der Waals surface area contributed by atoms with E-state index in [1.165, 1.54) is 14.2 Å². The van der Waals surface area contributed by atoms with Gasteiger partial charge in [0, 0.05) is 33.1 Å². The van der Waals surface area contributed by atoms with Gasteiger partial charge in [0.25, 0.3) is 0 Å². The molecule has 118 valence electrons. The fourth-order valence-electron chi connectivity index (χ4n) is 1.40. The summed E-state index contributed by atoms with van der Waals surface area (Å²) in [5.74, 6) is -0.0805. The van der Waals surface area contributed by atoms with Gasteiger partial charge in [0.15, 0.2) is 0 Å². The van der Waals surface area contributed by atoms with Crippen molar-refractivity contribution in [3.63, 3.8) is 0 Å². The summed E-state index contributed by atoms with van der Waals surface area (Å²) in [7, 11) is 0.206. The Balaban J connectivity index is 3.49. The van der Waals surface area contributed by atoms with Crippen LogP contribution < -0.4 is 0 Å². The average molecular weight is 326 g/mol. The van der Waals surface area contributed by atoms with Crippen LogP contribution in [0.3, 0.4) is 0 Å². The number of hydrogen-bond acceptors (Lipinski definition) is 6. The van der Waals surface area contributed by atoms with Crippen LogP contribution in [0, 0.1) is 0 Å². The summed E-state index contributed by atoms with van der Waals surface area (Å²) in [6.07, 6.45) is 3.24. The molecule has 0 heterocycles. The molecule has 20 heavy (non-hydrogen) atoms. The van der Waals surface area contributed by atoms with Gasteiger partial charge in [-0.3, -0.25) is 18.0 Å². The largest absolute Gasteiger partial charge is 0.468 e. The third kappa shape index (κ3) is 11.1. The third-order valence-corrected chi connectivity index (χ3v) is 5.11. The van der Waals surface area contributed by atoms with Crippen LogP contribution in [0.1, 0.15) is 25.7 Å². The van der Waals surface area contributed by atoms with Gasteiger partial charge in [0.2, 0.25) is 0 Å². The van der Waals surface area contributed by atoms with Crippen LogP contribution in [0.5, 0.6) is 0 Å². The molecule has 6 nitrogen and oxygen atoms in total. The molecule has 0 amide bonds. The standard InChI is InChI=1S/C12H22O6S2/c1-17-11(13)9-19(15)7-5-3-4-6-8-20(16)10-12(14)18-2/h3-10H2,1-2H3. The molecule has 0 fully saturated rings. The summed E-state index contributed by atoms with van der Waals surface area (Å²) in [5, 5.41) is 0. The molecule has 2 atom stereocenters. The second-order valence-corrected chi connectivity index (χ2v) is 7.30. The zero-order valence-corrected chi connectivity index (χ0v) is 13.6. The Morgan fingerprint density at radius 3 is 1.40 bits per heavy atom. The zero-order valence-electron chi connectivity index (χ0n) is 11.9. The topological polar surface area (TPSA) is 86.7 Å². The van der Waals surface area contributed by atoms with Gasteiger partial charge < -0.3 is 9.47 Å². The number of rotatable bonds is 11. The maximum absolute atomic E-state index is 11.4. The fourth-order valence-corrected chi connectivity index (χ4v) is 3.51. The first-order valence-electron chi connectivity index (χ1n) is 6.33. The summed E-state index contributed by atoms with van der Waals surface area (Å²) in [6, 6.07) is 0. The molecule has 0 N–H and O–H groups in total. The maximum atomic E-state index is 11.4. The predicted octanol–water partition coefficient (Wildman–Crippen LogP) is 0.390. The number of hydrogen-bond donors (Lipinski definition) is 0. The van der Waals surface area contributed by atoms with Gasteiger partial charge in [0.05, 0.1) is 14.2 Å².